The Kier molecular flexibility index (Phi) is 2.03. The molecule has 1 atom stereocenters. The molecule has 66 valence electrons. The van der Waals surface area contributed by atoms with Crippen LogP contribution in [0.15, 0.2) is 24.3 Å². The van der Waals surface area contributed by atoms with Gasteiger partial charge in [0.1, 0.15) is 6.10 Å². The Hall–Kier alpha value is -1.33. The molecule has 1 N–H and O–H groups in total. The van der Waals surface area contributed by atoms with Crippen LogP contribution in [0.5, 0.6) is 0 Å². The monoisotopic (exact) mass is 173 g/mol. The van der Waals surface area contributed by atoms with Crippen molar-refractivity contribution in [3.8, 4) is 6.07 Å². The number of hydrogen-bond acceptors (Lipinski definition) is 2. The first-order valence-electron chi connectivity index (χ1n) is 4.45. The van der Waals surface area contributed by atoms with E-state index in [4.69, 9.17) is 5.26 Å². The summed E-state index contributed by atoms with van der Waals surface area (Å²) in [6.45, 7) is 0. The van der Waals surface area contributed by atoms with Crippen molar-refractivity contribution >= 4 is 0 Å². The Labute approximate surface area is 77.4 Å². The Bertz CT molecular complexity index is 328. The summed E-state index contributed by atoms with van der Waals surface area (Å²) in [7, 11) is 0. The molecule has 1 aliphatic carbocycles. The fourth-order valence-corrected chi connectivity index (χ4v) is 1.92. The van der Waals surface area contributed by atoms with Gasteiger partial charge in [-0.2, -0.15) is 5.26 Å². The summed E-state index contributed by atoms with van der Waals surface area (Å²) in [6.07, 6.45) is 0.864. The van der Waals surface area contributed by atoms with Crippen LogP contribution in [0.1, 0.15) is 11.1 Å². The van der Waals surface area contributed by atoms with Gasteiger partial charge in [-0.25, -0.2) is 0 Å². The van der Waals surface area contributed by atoms with Crippen molar-refractivity contribution in [2.45, 2.75) is 18.9 Å². The molecule has 1 aromatic rings. The van der Waals surface area contributed by atoms with Gasteiger partial charge in [0.05, 0.1) is 6.07 Å². The molecule has 1 aliphatic rings. The fourth-order valence-electron chi connectivity index (χ4n) is 1.92. The van der Waals surface area contributed by atoms with E-state index >= 15 is 0 Å². The molecule has 0 aromatic heterocycles. The second-order valence-electron chi connectivity index (χ2n) is 3.51. The highest BCUT2D eigenvalue weighted by molar-refractivity contribution is 5.32. The highest BCUT2D eigenvalue weighted by atomic mass is 16.3. The van der Waals surface area contributed by atoms with Crippen molar-refractivity contribution in [3.63, 3.8) is 0 Å². The van der Waals surface area contributed by atoms with Gasteiger partial charge in [-0.3, -0.25) is 0 Å². The van der Waals surface area contributed by atoms with Crippen LogP contribution in [0.2, 0.25) is 0 Å². The van der Waals surface area contributed by atoms with Crippen molar-refractivity contribution in [3.05, 3.63) is 35.4 Å². The molecule has 13 heavy (non-hydrogen) atoms. The molecular weight excluding hydrogens is 162 g/mol. The van der Waals surface area contributed by atoms with E-state index < -0.39 is 6.10 Å². The molecular formula is C11H11NO. The van der Waals surface area contributed by atoms with E-state index in [0.29, 0.717) is 0 Å². The van der Waals surface area contributed by atoms with Gasteiger partial charge in [-0.05, 0) is 24.0 Å². The number of rotatable bonds is 1. The molecule has 0 saturated heterocycles. The van der Waals surface area contributed by atoms with Crippen LogP contribution in [0.3, 0.4) is 0 Å². The quantitative estimate of drug-likeness (QED) is 0.650. The van der Waals surface area contributed by atoms with Crippen molar-refractivity contribution < 1.29 is 5.11 Å². The molecule has 0 fully saturated rings. The van der Waals surface area contributed by atoms with Crippen molar-refractivity contribution in [1.82, 2.24) is 0 Å². The third-order valence-corrected chi connectivity index (χ3v) is 2.66. The van der Waals surface area contributed by atoms with E-state index in [2.05, 4.69) is 12.1 Å². The minimum Gasteiger partial charge on any atom is -0.378 e. The van der Waals surface area contributed by atoms with Gasteiger partial charge in [-0.15, -0.1) is 0 Å². The number of benzene rings is 1. The molecule has 0 radical (unpaired) electrons. The van der Waals surface area contributed by atoms with Crippen LogP contribution in [0, 0.1) is 17.2 Å². The zero-order chi connectivity index (χ0) is 9.26. The first-order valence-corrected chi connectivity index (χ1v) is 4.45. The van der Waals surface area contributed by atoms with Gasteiger partial charge in [0, 0.05) is 5.92 Å². The molecule has 0 spiro atoms. The molecule has 1 unspecified atom stereocenters. The van der Waals surface area contributed by atoms with Crippen LogP contribution in [-0.2, 0) is 12.8 Å². The lowest BCUT2D eigenvalue weighted by Crippen LogP contribution is -2.18. The van der Waals surface area contributed by atoms with Gasteiger partial charge in [-0.1, -0.05) is 24.3 Å². The van der Waals surface area contributed by atoms with Crippen LogP contribution in [0.25, 0.3) is 0 Å². The zero-order valence-electron chi connectivity index (χ0n) is 7.27. The van der Waals surface area contributed by atoms with Gasteiger partial charge in [0.25, 0.3) is 0 Å². The van der Waals surface area contributed by atoms with E-state index in [-0.39, 0.29) is 5.92 Å². The molecule has 0 amide bonds. The summed E-state index contributed by atoms with van der Waals surface area (Å²) in [6, 6.07) is 10.0. The topological polar surface area (TPSA) is 44.0 Å². The first-order chi connectivity index (χ1) is 6.31. The normalized spacial score (nSPS) is 17.8. The summed E-state index contributed by atoms with van der Waals surface area (Å²) in [5.74, 6) is 0.0994. The molecule has 1 aromatic carbocycles. The highest BCUT2D eigenvalue weighted by Crippen LogP contribution is 2.28. The maximum absolute atomic E-state index is 9.37. The number of fused-ring (bicyclic) bond motifs is 1. The molecule has 2 rings (SSSR count). The van der Waals surface area contributed by atoms with Gasteiger partial charge < -0.3 is 5.11 Å². The molecule has 0 bridgehead atoms. The summed E-state index contributed by atoms with van der Waals surface area (Å²) in [5, 5.41) is 17.9. The van der Waals surface area contributed by atoms with Crippen molar-refractivity contribution in [2.24, 2.45) is 5.92 Å². The van der Waals surface area contributed by atoms with E-state index in [9.17, 15) is 5.11 Å². The second kappa shape index (κ2) is 3.20. The van der Waals surface area contributed by atoms with Gasteiger partial charge >= 0.3 is 0 Å². The zero-order valence-corrected chi connectivity index (χ0v) is 7.27. The summed E-state index contributed by atoms with van der Waals surface area (Å²) in [4.78, 5) is 0. The number of aliphatic hydroxyl groups is 1. The third kappa shape index (κ3) is 1.43. The minimum absolute atomic E-state index is 0.0994. The molecule has 2 heteroatoms. The van der Waals surface area contributed by atoms with Gasteiger partial charge in [0.15, 0.2) is 0 Å². The van der Waals surface area contributed by atoms with E-state index in [1.165, 1.54) is 11.1 Å². The maximum Gasteiger partial charge on any atom is 0.143 e. The molecule has 0 saturated carbocycles. The van der Waals surface area contributed by atoms with E-state index in [0.717, 1.165) is 12.8 Å². The van der Waals surface area contributed by atoms with Crippen LogP contribution in [0.4, 0.5) is 0 Å². The lowest BCUT2D eigenvalue weighted by molar-refractivity contribution is 0.164. The predicted molar refractivity (Wildman–Crippen MR) is 49.0 cm³/mol. The molecule has 0 heterocycles. The average molecular weight is 173 g/mol. The van der Waals surface area contributed by atoms with Crippen molar-refractivity contribution in [1.29, 1.82) is 5.26 Å². The average Bonchev–Trinajstić information content (AvgIpc) is 2.59. The summed E-state index contributed by atoms with van der Waals surface area (Å²) >= 11 is 0. The minimum atomic E-state index is -0.813. The number of nitrogens with zero attached hydrogens (tertiary/aromatic N) is 1. The second-order valence-corrected chi connectivity index (χ2v) is 3.51. The Morgan fingerprint density at radius 1 is 1.31 bits per heavy atom. The fraction of sp³-hybridized carbons (Fsp3) is 0.364. The summed E-state index contributed by atoms with van der Waals surface area (Å²) in [5.41, 5.74) is 2.56. The highest BCUT2D eigenvalue weighted by Gasteiger charge is 2.26. The molecule has 2 nitrogen and oxygen atoms in total. The third-order valence-electron chi connectivity index (χ3n) is 2.66. The Morgan fingerprint density at radius 3 is 2.31 bits per heavy atom. The lowest BCUT2D eigenvalue weighted by atomic mass is 10.0. The Morgan fingerprint density at radius 2 is 1.85 bits per heavy atom. The smallest absolute Gasteiger partial charge is 0.143 e. The van der Waals surface area contributed by atoms with Gasteiger partial charge in [0.2, 0.25) is 0 Å². The number of aliphatic hydroxyl groups excluding tert-OH is 1. The van der Waals surface area contributed by atoms with E-state index in [1.807, 2.05) is 18.2 Å². The number of hydrogen-bond donors (Lipinski definition) is 1. The first kappa shape index (κ1) is 8.28. The summed E-state index contributed by atoms with van der Waals surface area (Å²) < 4.78 is 0. The van der Waals surface area contributed by atoms with Crippen LogP contribution in [-0.4, -0.2) is 11.2 Å². The van der Waals surface area contributed by atoms with Crippen LogP contribution < -0.4 is 0 Å². The Balaban J connectivity index is 2.19. The van der Waals surface area contributed by atoms with E-state index in [1.54, 1.807) is 0 Å². The lowest BCUT2D eigenvalue weighted by Gasteiger charge is -2.08. The SMILES string of the molecule is N#CC(O)C1Cc2ccccc2C1. The number of nitriles is 1. The van der Waals surface area contributed by atoms with Crippen molar-refractivity contribution in [2.75, 3.05) is 0 Å². The standard InChI is InChI=1S/C11H11NO/c12-7-11(13)10-5-8-3-1-2-4-9(8)6-10/h1-4,10-11,13H,5-6H2. The molecule has 0 aliphatic heterocycles. The predicted octanol–water partition coefficient (Wildman–Crippen LogP) is 1.29. The maximum atomic E-state index is 9.37. The largest absolute Gasteiger partial charge is 0.378 e. The van der Waals surface area contributed by atoms with Crippen LogP contribution >= 0.6 is 0 Å².